The van der Waals surface area contributed by atoms with Crippen molar-refractivity contribution >= 4 is 0 Å². The van der Waals surface area contributed by atoms with Gasteiger partial charge in [0.15, 0.2) is 0 Å². The Morgan fingerprint density at radius 2 is 2.00 bits per heavy atom. The maximum atomic E-state index is 3.54. The molecule has 1 aliphatic rings. The molecular weight excluding hydrogens is 256 g/mol. The predicted octanol–water partition coefficient (Wildman–Crippen LogP) is 4.20. The van der Waals surface area contributed by atoms with E-state index in [2.05, 4.69) is 55.3 Å². The molecule has 1 aromatic rings. The zero-order valence-electron chi connectivity index (χ0n) is 14.1. The Bertz CT molecular complexity index is 410. The number of rotatable bonds is 10. The monoisotopic (exact) mass is 288 g/mol. The van der Waals surface area contributed by atoms with Crippen LogP contribution in [0.15, 0.2) is 24.3 Å². The van der Waals surface area contributed by atoms with Gasteiger partial charge in [0.2, 0.25) is 0 Å². The lowest BCUT2D eigenvalue weighted by Gasteiger charge is -2.22. The minimum atomic E-state index is 0.715. The molecule has 0 spiro atoms. The van der Waals surface area contributed by atoms with Gasteiger partial charge in [0, 0.05) is 19.1 Å². The topological polar surface area (TPSA) is 15.3 Å². The SMILES string of the molecule is CCCCN(Cc1cccc(CNCC(C)C)c1)C1CC1. The highest BCUT2D eigenvalue weighted by atomic mass is 15.2. The van der Waals surface area contributed by atoms with E-state index in [4.69, 9.17) is 0 Å². The van der Waals surface area contributed by atoms with Gasteiger partial charge in [0.1, 0.15) is 0 Å². The van der Waals surface area contributed by atoms with Crippen LogP contribution in [0.3, 0.4) is 0 Å². The van der Waals surface area contributed by atoms with Gasteiger partial charge in [-0.2, -0.15) is 0 Å². The Morgan fingerprint density at radius 3 is 2.67 bits per heavy atom. The molecule has 118 valence electrons. The summed E-state index contributed by atoms with van der Waals surface area (Å²) in [6.45, 7) is 11.3. The first-order valence-corrected chi connectivity index (χ1v) is 8.71. The van der Waals surface area contributed by atoms with Gasteiger partial charge in [-0.05, 0) is 49.4 Å². The molecule has 2 rings (SSSR count). The summed E-state index contributed by atoms with van der Waals surface area (Å²) in [4.78, 5) is 2.68. The fraction of sp³-hybridized carbons (Fsp3) is 0.684. The van der Waals surface area contributed by atoms with E-state index in [1.165, 1.54) is 43.4 Å². The summed E-state index contributed by atoms with van der Waals surface area (Å²) in [7, 11) is 0. The van der Waals surface area contributed by atoms with Crippen molar-refractivity contribution in [3.05, 3.63) is 35.4 Å². The first-order valence-electron chi connectivity index (χ1n) is 8.71. The summed E-state index contributed by atoms with van der Waals surface area (Å²) in [6, 6.07) is 9.98. The van der Waals surface area contributed by atoms with Gasteiger partial charge < -0.3 is 5.32 Å². The molecule has 0 saturated heterocycles. The fourth-order valence-corrected chi connectivity index (χ4v) is 2.77. The first kappa shape index (κ1) is 16.5. The summed E-state index contributed by atoms with van der Waals surface area (Å²) < 4.78 is 0. The van der Waals surface area contributed by atoms with Gasteiger partial charge >= 0.3 is 0 Å². The van der Waals surface area contributed by atoms with Gasteiger partial charge in [-0.15, -0.1) is 0 Å². The Kier molecular flexibility index (Phi) is 6.72. The van der Waals surface area contributed by atoms with Gasteiger partial charge in [-0.3, -0.25) is 4.90 Å². The number of hydrogen-bond donors (Lipinski definition) is 1. The highest BCUT2D eigenvalue weighted by Gasteiger charge is 2.28. The van der Waals surface area contributed by atoms with E-state index < -0.39 is 0 Å². The molecule has 2 heteroatoms. The molecule has 0 heterocycles. The number of benzene rings is 1. The largest absolute Gasteiger partial charge is 0.312 e. The van der Waals surface area contributed by atoms with Gasteiger partial charge in [0.05, 0.1) is 0 Å². The van der Waals surface area contributed by atoms with Crippen LogP contribution in [0.25, 0.3) is 0 Å². The van der Waals surface area contributed by atoms with Crippen molar-refractivity contribution in [2.45, 2.75) is 65.6 Å². The highest BCUT2D eigenvalue weighted by Crippen LogP contribution is 2.28. The van der Waals surface area contributed by atoms with Crippen LogP contribution < -0.4 is 5.32 Å². The van der Waals surface area contributed by atoms with E-state index in [1.807, 2.05) is 0 Å². The third kappa shape index (κ3) is 6.19. The van der Waals surface area contributed by atoms with Crippen LogP contribution in [0.1, 0.15) is 57.6 Å². The number of unbranched alkanes of at least 4 members (excludes halogenated alkanes) is 1. The second kappa shape index (κ2) is 8.55. The van der Waals surface area contributed by atoms with Crippen molar-refractivity contribution in [2.24, 2.45) is 5.92 Å². The lowest BCUT2D eigenvalue weighted by atomic mass is 10.1. The number of nitrogens with one attached hydrogen (secondary N) is 1. The van der Waals surface area contributed by atoms with Crippen LogP contribution in [0, 0.1) is 5.92 Å². The van der Waals surface area contributed by atoms with Crippen LogP contribution in [-0.4, -0.2) is 24.0 Å². The van der Waals surface area contributed by atoms with E-state index in [-0.39, 0.29) is 0 Å². The van der Waals surface area contributed by atoms with Gasteiger partial charge in [0.25, 0.3) is 0 Å². The molecule has 0 bridgehead atoms. The van der Waals surface area contributed by atoms with Crippen molar-refractivity contribution in [2.75, 3.05) is 13.1 Å². The third-order valence-electron chi connectivity index (χ3n) is 4.12. The zero-order valence-corrected chi connectivity index (χ0v) is 14.1. The quantitative estimate of drug-likeness (QED) is 0.694. The second-order valence-corrected chi connectivity index (χ2v) is 6.90. The van der Waals surface area contributed by atoms with Crippen molar-refractivity contribution in [1.29, 1.82) is 0 Å². The standard InChI is InChI=1S/C19H32N2/c1-4-5-11-21(19-9-10-19)15-18-8-6-7-17(12-18)14-20-13-16(2)3/h6-8,12,16,19-20H,4-5,9-11,13-15H2,1-3H3. The molecule has 1 aromatic carbocycles. The summed E-state index contributed by atoms with van der Waals surface area (Å²) >= 11 is 0. The molecule has 2 nitrogen and oxygen atoms in total. The van der Waals surface area contributed by atoms with E-state index in [0.717, 1.165) is 25.7 Å². The fourth-order valence-electron chi connectivity index (χ4n) is 2.77. The van der Waals surface area contributed by atoms with E-state index in [0.29, 0.717) is 5.92 Å². The molecule has 1 aliphatic carbocycles. The van der Waals surface area contributed by atoms with Crippen molar-refractivity contribution in [1.82, 2.24) is 10.2 Å². The molecule has 0 radical (unpaired) electrons. The summed E-state index contributed by atoms with van der Waals surface area (Å²) in [5, 5.41) is 3.54. The first-order chi connectivity index (χ1) is 10.2. The molecule has 21 heavy (non-hydrogen) atoms. The minimum Gasteiger partial charge on any atom is -0.312 e. The number of nitrogens with zero attached hydrogens (tertiary/aromatic N) is 1. The van der Waals surface area contributed by atoms with E-state index >= 15 is 0 Å². The second-order valence-electron chi connectivity index (χ2n) is 6.90. The summed E-state index contributed by atoms with van der Waals surface area (Å²) in [5.74, 6) is 0.715. The Balaban J connectivity index is 1.86. The lowest BCUT2D eigenvalue weighted by Crippen LogP contribution is -2.26. The Labute approximate surface area is 130 Å². The van der Waals surface area contributed by atoms with Crippen LogP contribution in [0.4, 0.5) is 0 Å². The molecule has 0 aromatic heterocycles. The lowest BCUT2D eigenvalue weighted by molar-refractivity contribution is 0.250. The molecule has 1 fully saturated rings. The molecule has 0 unspecified atom stereocenters. The Morgan fingerprint density at radius 1 is 1.24 bits per heavy atom. The molecule has 0 atom stereocenters. The minimum absolute atomic E-state index is 0.715. The zero-order chi connectivity index (χ0) is 15.1. The molecule has 0 amide bonds. The van der Waals surface area contributed by atoms with Crippen LogP contribution in [0.2, 0.25) is 0 Å². The normalized spacial score (nSPS) is 15.1. The van der Waals surface area contributed by atoms with Crippen molar-refractivity contribution in [3.63, 3.8) is 0 Å². The average Bonchev–Trinajstić information content (AvgIpc) is 3.28. The van der Waals surface area contributed by atoms with E-state index in [1.54, 1.807) is 0 Å². The van der Waals surface area contributed by atoms with Gasteiger partial charge in [-0.25, -0.2) is 0 Å². The average molecular weight is 288 g/mol. The molecule has 1 saturated carbocycles. The Hall–Kier alpha value is -0.860. The maximum absolute atomic E-state index is 3.54. The van der Waals surface area contributed by atoms with E-state index in [9.17, 15) is 0 Å². The maximum Gasteiger partial charge on any atom is 0.0236 e. The molecule has 0 aliphatic heterocycles. The predicted molar refractivity (Wildman–Crippen MR) is 91.3 cm³/mol. The summed E-state index contributed by atoms with van der Waals surface area (Å²) in [6.07, 6.45) is 5.42. The number of hydrogen-bond acceptors (Lipinski definition) is 2. The van der Waals surface area contributed by atoms with Gasteiger partial charge in [-0.1, -0.05) is 51.5 Å². The van der Waals surface area contributed by atoms with Crippen LogP contribution in [-0.2, 0) is 13.1 Å². The highest BCUT2D eigenvalue weighted by molar-refractivity contribution is 5.23. The smallest absolute Gasteiger partial charge is 0.0236 e. The van der Waals surface area contributed by atoms with Crippen LogP contribution in [0.5, 0.6) is 0 Å². The molecular formula is C19H32N2. The van der Waals surface area contributed by atoms with Crippen LogP contribution >= 0.6 is 0 Å². The van der Waals surface area contributed by atoms with Crippen molar-refractivity contribution < 1.29 is 0 Å². The molecule has 1 N–H and O–H groups in total. The van der Waals surface area contributed by atoms with Crippen molar-refractivity contribution in [3.8, 4) is 0 Å². The third-order valence-corrected chi connectivity index (χ3v) is 4.12. The summed E-state index contributed by atoms with van der Waals surface area (Å²) in [5.41, 5.74) is 2.89.